The summed E-state index contributed by atoms with van der Waals surface area (Å²) >= 11 is 0. The van der Waals surface area contributed by atoms with Crippen LogP contribution in [0.1, 0.15) is 20.8 Å². The van der Waals surface area contributed by atoms with Crippen molar-refractivity contribution >= 4 is 37.1 Å². The molecule has 0 bridgehead atoms. The topological polar surface area (TPSA) is 65.4 Å². The van der Waals surface area contributed by atoms with Crippen molar-refractivity contribution in [1.29, 1.82) is 0 Å². The van der Waals surface area contributed by atoms with Gasteiger partial charge in [0.2, 0.25) is 0 Å². The first-order valence-corrected chi connectivity index (χ1v) is 8.47. The van der Waals surface area contributed by atoms with E-state index in [2.05, 4.69) is 4.74 Å². The molecule has 21 heavy (non-hydrogen) atoms. The second-order valence-electron chi connectivity index (χ2n) is 5.38. The predicted molar refractivity (Wildman–Crippen MR) is 82.9 cm³/mol. The molecule has 0 saturated heterocycles. The molecule has 0 spiro atoms. The Bertz CT molecular complexity index is 729. The highest BCUT2D eigenvalue weighted by atomic mass is 35.7. The molecule has 0 N–H and O–H groups in total. The van der Waals surface area contributed by atoms with Gasteiger partial charge in [0, 0.05) is 34.8 Å². The summed E-state index contributed by atoms with van der Waals surface area (Å²) in [6, 6.07) is 6.77. The third kappa shape index (κ3) is 5.06. The summed E-state index contributed by atoms with van der Waals surface area (Å²) in [5.41, 5.74) is 0.536. The predicted octanol–water partition coefficient (Wildman–Crippen LogP) is 3.06. The SMILES string of the molecule is CC(C)(C)OC=O.Cn1ccc2c(S(=O)(=O)Cl)cccc21. The van der Waals surface area contributed by atoms with Crippen molar-refractivity contribution < 1.29 is 17.9 Å². The van der Waals surface area contributed by atoms with Crippen molar-refractivity contribution in [3.63, 3.8) is 0 Å². The van der Waals surface area contributed by atoms with Gasteiger partial charge in [-0.25, -0.2) is 8.42 Å². The fourth-order valence-electron chi connectivity index (χ4n) is 1.63. The van der Waals surface area contributed by atoms with Crippen LogP contribution in [0.5, 0.6) is 0 Å². The summed E-state index contributed by atoms with van der Waals surface area (Å²) in [6.07, 6.45) is 1.80. The molecule has 1 heterocycles. The van der Waals surface area contributed by atoms with Gasteiger partial charge < -0.3 is 9.30 Å². The minimum atomic E-state index is -3.66. The maximum absolute atomic E-state index is 11.2. The monoisotopic (exact) mass is 331 g/mol. The van der Waals surface area contributed by atoms with Crippen LogP contribution in [0, 0.1) is 0 Å². The zero-order valence-corrected chi connectivity index (χ0v) is 13.9. The van der Waals surface area contributed by atoms with Crippen LogP contribution in [0.25, 0.3) is 10.9 Å². The van der Waals surface area contributed by atoms with Crippen molar-refractivity contribution in [1.82, 2.24) is 4.57 Å². The fraction of sp³-hybridized carbons (Fsp3) is 0.357. The van der Waals surface area contributed by atoms with E-state index >= 15 is 0 Å². The Morgan fingerprint density at radius 1 is 1.24 bits per heavy atom. The molecule has 0 aliphatic heterocycles. The number of aromatic nitrogens is 1. The van der Waals surface area contributed by atoms with Crippen LogP contribution < -0.4 is 0 Å². The van der Waals surface area contributed by atoms with Crippen LogP contribution >= 0.6 is 10.7 Å². The Hall–Kier alpha value is -1.53. The smallest absolute Gasteiger partial charge is 0.293 e. The molecule has 5 nitrogen and oxygen atoms in total. The third-order valence-electron chi connectivity index (χ3n) is 2.55. The summed E-state index contributed by atoms with van der Waals surface area (Å²) in [5.74, 6) is 0. The molecule has 0 atom stereocenters. The van der Waals surface area contributed by atoms with Gasteiger partial charge in [0.25, 0.3) is 15.5 Å². The first-order valence-electron chi connectivity index (χ1n) is 6.16. The number of halogens is 1. The van der Waals surface area contributed by atoms with Gasteiger partial charge in [0.1, 0.15) is 5.60 Å². The summed E-state index contributed by atoms with van der Waals surface area (Å²) in [4.78, 5) is 9.76. The van der Waals surface area contributed by atoms with Crippen LogP contribution in [-0.2, 0) is 25.6 Å². The van der Waals surface area contributed by atoms with Crippen LogP contribution in [0.2, 0.25) is 0 Å². The lowest BCUT2D eigenvalue weighted by molar-refractivity contribution is -0.138. The van der Waals surface area contributed by atoms with Gasteiger partial charge >= 0.3 is 0 Å². The van der Waals surface area contributed by atoms with Gasteiger partial charge in [-0.05, 0) is 39.0 Å². The van der Waals surface area contributed by atoms with Crippen molar-refractivity contribution in [2.45, 2.75) is 31.3 Å². The van der Waals surface area contributed by atoms with E-state index in [0.29, 0.717) is 11.9 Å². The second kappa shape index (κ2) is 6.49. The Kier molecular flexibility index (Phi) is 5.42. The molecule has 0 fully saturated rings. The molecule has 0 amide bonds. The largest absolute Gasteiger partial charge is 0.462 e. The van der Waals surface area contributed by atoms with E-state index in [1.165, 1.54) is 6.07 Å². The van der Waals surface area contributed by atoms with Crippen LogP contribution in [0.4, 0.5) is 0 Å². The van der Waals surface area contributed by atoms with E-state index in [9.17, 15) is 13.2 Å². The zero-order valence-electron chi connectivity index (χ0n) is 12.3. The highest BCUT2D eigenvalue weighted by Gasteiger charge is 2.14. The Morgan fingerprint density at radius 3 is 2.29 bits per heavy atom. The number of benzene rings is 1. The van der Waals surface area contributed by atoms with Crippen molar-refractivity contribution in [2.24, 2.45) is 7.05 Å². The number of hydrogen-bond acceptors (Lipinski definition) is 4. The van der Waals surface area contributed by atoms with Gasteiger partial charge in [-0.15, -0.1) is 0 Å². The number of hydrogen-bond donors (Lipinski definition) is 0. The van der Waals surface area contributed by atoms with Crippen LogP contribution in [-0.4, -0.2) is 25.1 Å². The molecule has 1 aromatic carbocycles. The number of rotatable bonds is 2. The summed E-state index contributed by atoms with van der Waals surface area (Å²) in [7, 11) is 3.51. The summed E-state index contributed by atoms with van der Waals surface area (Å²) < 4.78 is 28.8. The molecule has 0 aliphatic carbocycles. The molecule has 0 saturated carbocycles. The maximum atomic E-state index is 11.2. The highest BCUT2D eigenvalue weighted by molar-refractivity contribution is 8.14. The number of aryl methyl sites for hydroxylation is 1. The average Bonchev–Trinajstić information content (AvgIpc) is 2.69. The first kappa shape index (κ1) is 17.5. The van der Waals surface area contributed by atoms with Gasteiger partial charge in [-0.3, -0.25) is 4.79 Å². The quantitative estimate of drug-likeness (QED) is 0.626. The Morgan fingerprint density at radius 2 is 1.86 bits per heavy atom. The minimum absolute atomic E-state index is 0.164. The van der Waals surface area contributed by atoms with Crippen molar-refractivity contribution in [2.75, 3.05) is 0 Å². The summed E-state index contributed by atoms with van der Waals surface area (Å²) in [5, 5.41) is 0.657. The lowest BCUT2D eigenvalue weighted by atomic mass is 10.2. The molecule has 116 valence electrons. The van der Waals surface area contributed by atoms with E-state index in [1.807, 2.05) is 38.5 Å². The van der Waals surface area contributed by atoms with Crippen molar-refractivity contribution in [3.8, 4) is 0 Å². The number of carbonyl (C=O) groups is 1. The van der Waals surface area contributed by atoms with Crippen molar-refractivity contribution in [3.05, 3.63) is 30.5 Å². The van der Waals surface area contributed by atoms with E-state index < -0.39 is 9.05 Å². The van der Waals surface area contributed by atoms with Gasteiger partial charge in [-0.1, -0.05) is 6.07 Å². The standard InChI is InChI=1S/C9H8ClNO2S.C5H10O2/c1-11-6-5-7-8(11)3-2-4-9(7)14(10,12)13;1-5(2,3)7-4-6/h2-6H,1H3;4H,1-3H3. The molecule has 0 unspecified atom stereocenters. The fourth-order valence-corrected chi connectivity index (χ4v) is 2.71. The van der Waals surface area contributed by atoms with E-state index in [0.717, 1.165) is 5.52 Å². The number of nitrogens with zero attached hydrogens (tertiary/aromatic N) is 1. The lowest BCUT2D eigenvalue weighted by Crippen LogP contribution is -2.17. The van der Waals surface area contributed by atoms with E-state index in [4.69, 9.17) is 10.7 Å². The Labute approximate surface area is 128 Å². The van der Waals surface area contributed by atoms with Crippen LogP contribution in [0.3, 0.4) is 0 Å². The lowest BCUT2D eigenvalue weighted by Gasteiger charge is -2.14. The molecular weight excluding hydrogens is 314 g/mol. The molecule has 7 heteroatoms. The molecule has 1 aromatic heterocycles. The maximum Gasteiger partial charge on any atom is 0.293 e. The van der Waals surface area contributed by atoms with Crippen LogP contribution in [0.15, 0.2) is 35.4 Å². The average molecular weight is 332 g/mol. The molecule has 2 rings (SSSR count). The molecule has 2 aromatic rings. The number of carbonyl (C=O) groups excluding carboxylic acids is 1. The minimum Gasteiger partial charge on any atom is -0.462 e. The van der Waals surface area contributed by atoms with Gasteiger partial charge in [0.05, 0.1) is 4.90 Å². The first-order chi connectivity index (χ1) is 9.56. The number of fused-ring (bicyclic) bond motifs is 1. The van der Waals surface area contributed by atoms with Gasteiger partial charge in [-0.2, -0.15) is 0 Å². The molecule has 0 aliphatic rings. The summed E-state index contributed by atoms with van der Waals surface area (Å²) in [6.45, 7) is 5.92. The van der Waals surface area contributed by atoms with E-state index in [1.54, 1.807) is 18.3 Å². The third-order valence-corrected chi connectivity index (χ3v) is 3.93. The van der Waals surface area contributed by atoms with Gasteiger partial charge in [0.15, 0.2) is 0 Å². The Balaban J connectivity index is 0.000000270. The highest BCUT2D eigenvalue weighted by Crippen LogP contribution is 2.25. The zero-order chi connectivity index (χ0) is 16.3. The number of ether oxygens (including phenoxy) is 1. The van der Waals surface area contributed by atoms with E-state index in [-0.39, 0.29) is 10.5 Å². The molecular formula is C14H18ClNO4S. The molecule has 0 radical (unpaired) electrons. The second-order valence-corrected chi connectivity index (χ2v) is 7.91. The normalized spacial score (nSPS) is 11.7.